The van der Waals surface area contributed by atoms with Gasteiger partial charge in [-0.15, -0.1) is 0 Å². The first-order chi connectivity index (χ1) is 10.5. The number of benzene rings is 1. The van der Waals surface area contributed by atoms with Gasteiger partial charge in [-0.1, -0.05) is 44.2 Å². The summed E-state index contributed by atoms with van der Waals surface area (Å²) in [4.78, 5) is 12.1. The maximum atomic E-state index is 12.1. The Hall–Kier alpha value is -2.14. The standard InChI is InChI=1S/C17H23N3O2/c1-11(2)14-10-15(20-19-14)17(22)18-12(3)16(21)9-13-7-5-4-6-8-13/h4-8,10-12,16,21H,9H2,1-3H3,(H,18,22)(H,19,20). The predicted molar refractivity (Wildman–Crippen MR) is 85.8 cm³/mol. The number of aromatic nitrogens is 2. The first kappa shape index (κ1) is 16.2. The predicted octanol–water partition coefficient (Wildman–Crippen LogP) is 2.25. The maximum absolute atomic E-state index is 12.1. The first-order valence-corrected chi connectivity index (χ1v) is 7.55. The van der Waals surface area contributed by atoms with Crippen LogP contribution in [0.3, 0.4) is 0 Å². The van der Waals surface area contributed by atoms with Crippen LogP contribution in [-0.2, 0) is 6.42 Å². The molecule has 0 fully saturated rings. The highest BCUT2D eigenvalue weighted by molar-refractivity contribution is 5.92. The van der Waals surface area contributed by atoms with E-state index in [1.165, 1.54) is 0 Å². The molecule has 2 atom stereocenters. The average molecular weight is 301 g/mol. The van der Waals surface area contributed by atoms with Crippen LogP contribution in [-0.4, -0.2) is 33.4 Å². The molecule has 2 rings (SSSR count). The molecule has 2 aromatic rings. The Morgan fingerprint density at radius 2 is 1.95 bits per heavy atom. The van der Waals surface area contributed by atoms with E-state index >= 15 is 0 Å². The molecule has 1 aromatic heterocycles. The fourth-order valence-corrected chi connectivity index (χ4v) is 2.16. The normalized spacial score (nSPS) is 13.9. The molecule has 0 radical (unpaired) electrons. The van der Waals surface area contributed by atoms with Crippen LogP contribution in [0.15, 0.2) is 36.4 Å². The van der Waals surface area contributed by atoms with E-state index in [0.717, 1.165) is 11.3 Å². The molecule has 0 aliphatic heterocycles. The third kappa shape index (κ3) is 4.18. The molecule has 0 spiro atoms. The second-order valence-corrected chi connectivity index (χ2v) is 5.88. The van der Waals surface area contributed by atoms with Gasteiger partial charge >= 0.3 is 0 Å². The van der Waals surface area contributed by atoms with Gasteiger partial charge in [-0.25, -0.2) is 0 Å². The molecule has 1 aromatic carbocycles. The molecule has 118 valence electrons. The minimum Gasteiger partial charge on any atom is -0.391 e. The molecule has 1 amide bonds. The van der Waals surface area contributed by atoms with Crippen molar-refractivity contribution in [1.29, 1.82) is 0 Å². The Kier molecular flexibility index (Phi) is 5.33. The van der Waals surface area contributed by atoms with Crippen LogP contribution in [0.4, 0.5) is 0 Å². The SMILES string of the molecule is CC(C)c1cc(C(=O)NC(C)C(O)Cc2ccccc2)n[nH]1. The lowest BCUT2D eigenvalue weighted by Crippen LogP contribution is -2.42. The average Bonchev–Trinajstić information content (AvgIpc) is 2.98. The topological polar surface area (TPSA) is 78.0 Å². The highest BCUT2D eigenvalue weighted by atomic mass is 16.3. The summed E-state index contributed by atoms with van der Waals surface area (Å²) in [6.07, 6.45) is -0.144. The molecular formula is C17H23N3O2. The number of H-pyrrole nitrogens is 1. The minimum absolute atomic E-state index is 0.275. The van der Waals surface area contributed by atoms with Crippen LogP contribution in [0.2, 0.25) is 0 Å². The molecule has 2 unspecified atom stereocenters. The zero-order chi connectivity index (χ0) is 16.1. The summed E-state index contributed by atoms with van der Waals surface area (Å²) in [6, 6.07) is 11.1. The first-order valence-electron chi connectivity index (χ1n) is 7.55. The van der Waals surface area contributed by atoms with Crippen molar-refractivity contribution < 1.29 is 9.90 Å². The van der Waals surface area contributed by atoms with Gasteiger partial charge in [0, 0.05) is 12.1 Å². The summed E-state index contributed by atoms with van der Waals surface area (Å²) in [7, 11) is 0. The number of hydrogen-bond donors (Lipinski definition) is 3. The van der Waals surface area contributed by atoms with Gasteiger partial charge < -0.3 is 10.4 Å². The minimum atomic E-state index is -0.644. The molecule has 3 N–H and O–H groups in total. The number of nitrogens with zero attached hydrogens (tertiary/aromatic N) is 1. The highest BCUT2D eigenvalue weighted by Crippen LogP contribution is 2.12. The van der Waals surface area contributed by atoms with Gasteiger partial charge in [-0.3, -0.25) is 9.89 Å². The van der Waals surface area contributed by atoms with E-state index in [2.05, 4.69) is 15.5 Å². The summed E-state index contributed by atoms with van der Waals surface area (Å²) in [5, 5.41) is 19.9. The van der Waals surface area contributed by atoms with Crippen molar-refractivity contribution in [3.8, 4) is 0 Å². The molecule has 1 heterocycles. The van der Waals surface area contributed by atoms with Gasteiger partial charge in [-0.05, 0) is 24.5 Å². The fourth-order valence-electron chi connectivity index (χ4n) is 2.16. The summed E-state index contributed by atoms with van der Waals surface area (Å²) >= 11 is 0. The summed E-state index contributed by atoms with van der Waals surface area (Å²) in [6.45, 7) is 5.85. The number of aliphatic hydroxyl groups is 1. The number of aromatic amines is 1. The molecule has 0 aliphatic carbocycles. The van der Waals surface area contributed by atoms with E-state index < -0.39 is 6.10 Å². The highest BCUT2D eigenvalue weighted by Gasteiger charge is 2.19. The Bertz CT molecular complexity index is 607. The van der Waals surface area contributed by atoms with Crippen molar-refractivity contribution >= 4 is 5.91 Å². The number of carbonyl (C=O) groups is 1. The molecule has 0 aliphatic rings. The molecular weight excluding hydrogens is 278 g/mol. The third-order valence-corrected chi connectivity index (χ3v) is 3.68. The van der Waals surface area contributed by atoms with E-state index in [4.69, 9.17) is 0 Å². The Morgan fingerprint density at radius 3 is 2.55 bits per heavy atom. The second kappa shape index (κ2) is 7.22. The van der Waals surface area contributed by atoms with Crippen molar-refractivity contribution in [3.63, 3.8) is 0 Å². The lowest BCUT2D eigenvalue weighted by molar-refractivity contribution is 0.0847. The number of hydrogen-bond acceptors (Lipinski definition) is 3. The van der Waals surface area contributed by atoms with E-state index in [-0.39, 0.29) is 17.9 Å². The van der Waals surface area contributed by atoms with Gasteiger partial charge in [0.2, 0.25) is 0 Å². The number of rotatable bonds is 6. The Balaban J connectivity index is 1.92. The lowest BCUT2D eigenvalue weighted by Gasteiger charge is -2.19. The Morgan fingerprint density at radius 1 is 1.27 bits per heavy atom. The van der Waals surface area contributed by atoms with Gasteiger partial charge in [0.05, 0.1) is 12.1 Å². The maximum Gasteiger partial charge on any atom is 0.272 e. The fraction of sp³-hybridized carbons (Fsp3) is 0.412. The van der Waals surface area contributed by atoms with Gasteiger partial charge in [0.15, 0.2) is 0 Å². The third-order valence-electron chi connectivity index (χ3n) is 3.68. The van der Waals surface area contributed by atoms with E-state index in [1.54, 1.807) is 13.0 Å². The molecule has 0 bridgehead atoms. The summed E-state index contributed by atoms with van der Waals surface area (Å²) in [5.41, 5.74) is 2.31. The molecule has 0 saturated heterocycles. The molecule has 22 heavy (non-hydrogen) atoms. The zero-order valence-corrected chi connectivity index (χ0v) is 13.2. The number of carbonyl (C=O) groups excluding carboxylic acids is 1. The molecule has 0 saturated carbocycles. The lowest BCUT2D eigenvalue weighted by atomic mass is 10.0. The second-order valence-electron chi connectivity index (χ2n) is 5.88. The van der Waals surface area contributed by atoms with Crippen molar-refractivity contribution in [2.75, 3.05) is 0 Å². The van der Waals surface area contributed by atoms with Crippen LogP contribution in [0, 0.1) is 0 Å². The van der Waals surface area contributed by atoms with Crippen molar-refractivity contribution in [1.82, 2.24) is 15.5 Å². The van der Waals surface area contributed by atoms with Crippen LogP contribution in [0.5, 0.6) is 0 Å². The van der Waals surface area contributed by atoms with Gasteiger partial charge in [0.25, 0.3) is 5.91 Å². The summed E-state index contributed by atoms with van der Waals surface area (Å²) < 4.78 is 0. The quantitative estimate of drug-likeness (QED) is 0.766. The van der Waals surface area contributed by atoms with Crippen molar-refractivity contribution in [2.45, 2.75) is 45.3 Å². The van der Waals surface area contributed by atoms with E-state index in [1.807, 2.05) is 44.2 Å². The number of nitrogens with one attached hydrogen (secondary N) is 2. The van der Waals surface area contributed by atoms with Crippen LogP contribution in [0.1, 0.15) is 48.4 Å². The van der Waals surface area contributed by atoms with Crippen LogP contribution in [0.25, 0.3) is 0 Å². The molecule has 5 heteroatoms. The van der Waals surface area contributed by atoms with Crippen LogP contribution >= 0.6 is 0 Å². The molecule has 5 nitrogen and oxygen atoms in total. The van der Waals surface area contributed by atoms with Crippen molar-refractivity contribution in [2.24, 2.45) is 0 Å². The van der Waals surface area contributed by atoms with Crippen LogP contribution < -0.4 is 5.32 Å². The van der Waals surface area contributed by atoms with E-state index in [0.29, 0.717) is 12.1 Å². The van der Waals surface area contributed by atoms with E-state index in [9.17, 15) is 9.90 Å². The Labute approximate surface area is 130 Å². The largest absolute Gasteiger partial charge is 0.391 e. The van der Waals surface area contributed by atoms with Gasteiger partial charge in [-0.2, -0.15) is 5.10 Å². The van der Waals surface area contributed by atoms with Gasteiger partial charge in [0.1, 0.15) is 5.69 Å². The number of amides is 1. The smallest absolute Gasteiger partial charge is 0.272 e. The van der Waals surface area contributed by atoms with Crippen molar-refractivity contribution in [3.05, 3.63) is 53.3 Å². The summed E-state index contributed by atoms with van der Waals surface area (Å²) in [5.74, 6) is 0.0120. The number of aliphatic hydroxyl groups excluding tert-OH is 1. The zero-order valence-electron chi connectivity index (χ0n) is 13.2. The monoisotopic (exact) mass is 301 g/mol.